The first-order valence-corrected chi connectivity index (χ1v) is 8.51. The number of likely N-dealkylation sites (tertiary alicyclic amines) is 1. The number of hydrogen-bond acceptors (Lipinski definition) is 5. The lowest BCUT2D eigenvalue weighted by Gasteiger charge is -2.30. The first-order valence-electron chi connectivity index (χ1n) is 8.51. The van der Waals surface area contributed by atoms with E-state index >= 15 is 0 Å². The summed E-state index contributed by atoms with van der Waals surface area (Å²) in [5, 5.41) is 7.46. The number of aromatic amines is 1. The fourth-order valence-electron chi connectivity index (χ4n) is 3.40. The number of aromatic nitrogens is 4. The Morgan fingerprint density at radius 1 is 1.21 bits per heavy atom. The molecule has 0 unspecified atom stereocenters. The number of amides is 1. The molecular weight excluding hydrogens is 306 g/mol. The minimum absolute atomic E-state index is 0.00964. The van der Waals surface area contributed by atoms with Gasteiger partial charge < -0.3 is 9.64 Å². The van der Waals surface area contributed by atoms with Gasteiger partial charge in [-0.25, -0.2) is 4.98 Å². The zero-order valence-corrected chi connectivity index (χ0v) is 13.5. The lowest BCUT2D eigenvalue weighted by Crippen LogP contribution is -2.38. The first kappa shape index (κ1) is 15.3. The number of nitrogens with one attached hydrogen (secondary N) is 1. The van der Waals surface area contributed by atoms with Gasteiger partial charge in [0.05, 0.1) is 6.61 Å². The van der Waals surface area contributed by atoms with Crippen LogP contribution in [0.15, 0.2) is 24.4 Å². The Kier molecular flexibility index (Phi) is 4.25. The van der Waals surface area contributed by atoms with Gasteiger partial charge in [-0.3, -0.25) is 14.9 Å². The number of hydrogen-bond donors (Lipinski definition) is 1. The smallest absolute Gasteiger partial charge is 0.272 e. The molecular formula is C17H21N5O2. The number of H-pyrrole nitrogens is 1. The van der Waals surface area contributed by atoms with Crippen molar-refractivity contribution in [2.45, 2.75) is 31.1 Å². The number of piperidine rings is 1. The predicted molar refractivity (Wildman–Crippen MR) is 86.7 cm³/mol. The van der Waals surface area contributed by atoms with Crippen LogP contribution in [0.5, 0.6) is 0 Å². The summed E-state index contributed by atoms with van der Waals surface area (Å²) in [5.41, 5.74) is 0.513. The van der Waals surface area contributed by atoms with Crippen molar-refractivity contribution < 1.29 is 9.53 Å². The van der Waals surface area contributed by atoms with Gasteiger partial charge in [0, 0.05) is 37.7 Å². The van der Waals surface area contributed by atoms with Gasteiger partial charge >= 0.3 is 0 Å². The van der Waals surface area contributed by atoms with Crippen LogP contribution in [0.4, 0.5) is 0 Å². The molecule has 0 saturated carbocycles. The summed E-state index contributed by atoms with van der Waals surface area (Å²) < 4.78 is 5.40. The van der Waals surface area contributed by atoms with E-state index in [1.807, 2.05) is 17.0 Å². The Hall–Kier alpha value is -2.28. The molecule has 0 aliphatic carbocycles. The summed E-state index contributed by atoms with van der Waals surface area (Å²) in [6, 6.07) is 5.43. The largest absolute Gasteiger partial charge is 0.381 e. The molecule has 1 amide bonds. The van der Waals surface area contributed by atoms with Crippen LogP contribution in [0.3, 0.4) is 0 Å². The first-order chi connectivity index (χ1) is 11.8. The lowest BCUT2D eigenvalue weighted by molar-refractivity contribution is 0.0705. The molecule has 0 aromatic carbocycles. The van der Waals surface area contributed by atoms with Gasteiger partial charge in [0.2, 0.25) is 0 Å². The van der Waals surface area contributed by atoms with Gasteiger partial charge in [0.25, 0.3) is 5.91 Å². The van der Waals surface area contributed by atoms with Gasteiger partial charge in [-0.05, 0) is 31.4 Å². The number of carbonyl (C=O) groups is 1. The van der Waals surface area contributed by atoms with Gasteiger partial charge in [-0.15, -0.1) is 0 Å². The predicted octanol–water partition coefficient (Wildman–Crippen LogP) is 1.72. The zero-order chi connectivity index (χ0) is 16.4. The van der Waals surface area contributed by atoms with E-state index in [9.17, 15) is 4.79 Å². The Morgan fingerprint density at radius 3 is 2.79 bits per heavy atom. The van der Waals surface area contributed by atoms with Crippen LogP contribution >= 0.6 is 0 Å². The molecule has 0 radical (unpaired) electrons. The topological polar surface area (TPSA) is 84.0 Å². The van der Waals surface area contributed by atoms with Crippen molar-refractivity contribution in [2.24, 2.45) is 0 Å². The molecule has 7 heteroatoms. The maximum absolute atomic E-state index is 12.4. The maximum Gasteiger partial charge on any atom is 0.272 e. The zero-order valence-electron chi connectivity index (χ0n) is 13.5. The molecule has 4 heterocycles. The summed E-state index contributed by atoms with van der Waals surface area (Å²) >= 11 is 0. The van der Waals surface area contributed by atoms with Crippen molar-refractivity contribution in [1.29, 1.82) is 0 Å². The number of pyridine rings is 1. The Morgan fingerprint density at radius 2 is 2.08 bits per heavy atom. The van der Waals surface area contributed by atoms with Crippen molar-refractivity contribution in [1.82, 2.24) is 25.1 Å². The van der Waals surface area contributed by atoms with Crippen LogP contribution < -0.4 is 0 Å². The number of carbonyl (C=O) groups excluding carboxylic acids is 1. The molecule has 2 fully saturated rings. The highest BCUT2D eigenvalue weighted by Crippen LogP contribution is 2.28. The highest BCUT2D eigenvalue weighted by molar-refractivity contribution is 5.92. The molecule has 2 aliphatic rings. The normalized spacial score (nSPS) is 22.0. The fourth-order valence-corrected chi connectivity index (χ4v) is 3.40. The maximum atomic E-state index is 12.4. The molecule has 0 bridgehead atoms. The third-order valence-electron chi connectivity index (χ3n) is 4.87. The molecule has 4 rings (SSSR count). The second kappa shape index (κ2) is 6.68. The van der Waals surface area contributed by atoms with E-state index in [1.54, 1.807) is 12.3 Å². The molecule has 7 nitrogen and oxygen atoms in total. The monoisotopic (exact) mass is 327 g/mol. The van der Waals surface area contributed by atoms with Crippen LogP contribution in [-0.2, 0) is 4.74 Å². The fraction of sp³-hybridized carbons (Fsp3) is 0.529. The minimum Gasteiger partial charge on any atom is -0.381 e. The van der Waals surface area contributed by atoms with Crippen LogP contribution in [0.2, 0.25) is 0 Å². The SMILES string of the molecule is O=C(c1ccccn1)N1CCC(c2nc([C@H]3CCOC3)n[nH]2)CC1. The van der Waals surface area contributed by atoms with Gasteiger partial charge in [0.1, 0.15) is 11.5 Å². The molecule has 1 N–H and O–H groups in total. The Bertz CT molecular complexity index is 688. The molecule has 24 heavy (non-hydrogen) atoms. The Balaban J connectivity index is 1.37. The summed E-state index contributed by atoms with van der Waals surface area (Å²) in [5.74, 6) is 2.48. The van der Waals surface area contributed by atoms with Crippen molar-refractivity contribution >= 4 is 5.91 Å². The van der Waals surface area contributed by atoms with E-state index in [0.717, 1.165) is 50.6 Å². The van der Waals surface area contributed by atoms with E-state index in [1.165, 1.54) is 0 Å². The van der Waals surface area contributed by atoms with Gasteiger partial charge in [-0.1, -0.05) is 6.07 Å². The molecule has 2 saturated heterocycles. The van der Waals surface area contributed by atoms with Gasteiger partial charge in [-0.2, -0.15) is 5.10 Å². The van der Waals surface area contributed by atoms with E-state index in [-0.39, 0.29) is 5.91 Å². The van der Waals surface area contributed by atoms with Crippen molar-refractivity contribution in [2.75, 3.05) is 26.3 Å². The third-order valence-corrected chi connectivity index (χ3v) is 4.87. The van der Waals surface area contributed by atoms with E-state index in [2.05, 4.69) is 20.2 Å². The van der Waals surface area contributed by atoms with E-state index in [4.69, 9.17) is 4.74 Å². The molecule has 2 aromatic heterocycles. The second-order valence-corrected chi connectivity index (χ2v) is 6.42. The van der Waals surface area contributed by atoms with Gasteiger partial charge in [0.15, 0.2) is 5.82 Å². The highest BCUT2D eigenvalue weighted by atomic mass is 16.5. The lowest BCUT2D eigenvalue weighted by atomic mass is 9.96. The van der Waals surface area contributed by atoms with E-state index in [0.29, 0.717) is 24.1 Å². The van der Waals surface area contributed by atoms with Crippen LogP contribution in [0.1, 0.15) is 53.2 Å². The van der Waals surface area contributed by atoms with Crippen LogP contribution in [0.25, 0.3) is 0 Å². The summed E-state index contributed by atoms with van der Waals surface area (Å²) in [4.78, 5) is 23.1. The number of nitrogens with zero attached hydrogens (tertiary/aromatic N) is 4. The summed E-state index contributed by atoms with van der Waals surface area (Å²) in [6.45, 7) is 2.96. The van der Waals surface area contributed by atoms with Crippen LogP contribution in [-0.4, -0.2) is 57.3 Å². The molecule has 2 aromatic rings. The van der Waals surface area contributed by atoms with Crippen molar-refractivity contribution in [3.05, 3.63) is 41.7 Å². The van der Waals surface area contributed by atoms with Crippen LogP contribution in [0, 0.1) is 0 Å². The molecule has 2 aliphatic heterocycles. The summed E-state index contributed by atoms with van der Waals surface area (Å²) in [6.07, 6.45) is 4.44. The van der Waals surface area contributed by atoms with E-state index < -0.39 is 0 Å². The molecule has 1 atom stereocenters. The Labute approximate surface area is 140 Å². The highest BCUT2D eigenvalue weighted by Gasteiger charge is 2.28. The van der Waals surface area contributed by atoms with Crippen molar-refractivity contribution in [3.8, 4) is 0 Å². The third kappa shape index (κ3) is 3.03. The quantitative estimate of drug-likeness (QED) is 0.928. The minimum atomic E-state index is 0.00964. The summed E-state index contributed by atoms with van der Waals surface area (Å²) in [7, 11) is 0. The second-order valence-electron chi connectivity index (χ2n) is 6.42. The average Bonchev–Trinajstić information content (AvgIpc) is 3.33. The molecule has 126 valence electrons. The standard InChI is InChI=1S/C17H21N5O2/c23-17(14-3-1-2-7-18-14)22-8-4-12(5-9-22)15-19-16(21-20-15)13-6-10-24-11-13/h1-3,7,12-13H,4-6,8-11H2,(H,19,20,21)/t13-/m0/s1. The van der Waals surface area contributed by atoms with Crippen molar-refractivity contribution in [3.63, 3.8) is 0 Å². The number of ether oxygens (including phenoxy) is 1. The average molecular weight is 327 g/mol. The molecule has 0 spiro atoms. The number of rotatable bonds is 3.